The Morgan fingerprint density at radius 1 is 1.30 bits per heavy atom. The summed E-state index contributed by atoms with van der Waals surface area (Å²) in [5, 5.41) is 0. The Kier molecular flexibility index (Phi) is 6.50. The van der Waals surface area contributed by atoms with Crippen molar-refractivity contribution in [2.45, 2.75) is 64.3 Å². The van der Waals surface area contributed by atoms with Crippen molar-refractivity contribution in [3.8, 4) is 0 Å². The summed E-state index contributed by atoms with van der Waals surface area (Å²) in [6.45, 7) is 2.28. The zero-order valence-electron chi connectivity index (χ0n) is 12.5. The molecule has 3 heteroatoms. The molecule has 1 fully saturated rings. The lowest BCUT2D eigenvalue weighted by atomic mass is 9.76. The van der Waals surface area contributed by atoms with Crippen molar-refractivity contribution in [2.75, 3.05) is 0 Å². The standard InChI is InChI=1S/C17H27BrN2/c1-2-3-4-13-5-7-14(8-6-13)17(19)11-16-10-9-15(18)12-20-16/h9-10,12-14,17H,2-8,11,19H2,1H3. The van der Waals surface area contributed by atoms with Gasteiger partial charge in [0.25, 0.3) is 0 Å². The van der Waals surface area contributed by atoms with Crippen molar-refractivity contribution >= 4 is 15.9 Å². The van der Waals surface area contributed by atoms with Crippen LogP contribution in [0.4, 0.5) is 0 Å². The molecule has 0 saturated heterocycles. The quantitative estimate of drug-likeness (QED) is 0.815. The molecule has 1 saturated carbocycles. The van der Waals surface area contributed by atoms with E-state index in [0.29, 0.717) is 5.92 Å². The first-order chi connectivity index (χ1) is 9.69. The number of halogens is 1. The molecular weight excluding hydrogens is 312 g/mol. The van der Waals surface area contributed by atoms with Gasteiger partial charge in [0.1, 0.15) is 0 Å². The number of pyridine rings is 1. The lowest BCUT2D eigenvalue weighted by Gasteiger charge is -2.32. The molecule has 1 aromatic rings. The molecule has 0 bridgehead atoms. The highest BCUT2D eigenvalue weighted by Gasteiger charge is 2.25. The minimum Gasteiger partial charge on any atom is -0.327 e. The minimum atomic E-state index is 0.274. The highest BCUT2D eigenvalue weighted by atomic mass is 79.9. The molecular formula is C17H27BrN2. The van der Waals surface area contributed by atoms with Crippen LogP contribution in [0, 0.1) is 11.8 Å². The Labute approximate surface area is 131 Å². The summed E-state index contributed by atoms with van der Waals surface area (Å²) in [6, 6.07) is 4.41. The van der Waals surface area contributed by atoms with E-state index >= 15 is 0 Å². The van der Waals surface area contributed by atoms with E-state index < -0.39 is 0 Å². The van der Waals surface area contributed by atoms with Gasteiger partial charge in [0.15, 0.2) is 0 Å². The van der Waals surface area contributed by atoms with Gasteiger partial charge >= 0.3 is 0 Å². The van der Waals surface area contributed by atoms with Gasteiger partial charge in [-0.2, -0.15) is 0 Å². The van der Waals surface area contributed by atoms with E-state index in [1.165, 1.54) is 44.9 Å². The SMILES string of the molecule is CCCCC1CCC(C(N)Cc2ccc(Br)cn2)CC1. The van der Waals surface area contributed by atoms with Crippen molar-refractivity contribution < 1.29 is 0 Å². The van der Waals surface area contributed by atoms with Crippen LogP contribution >= 0.6 is 15.9 Å². The second-order valence-electron chi connectivity index (χ2n) is 6.26. The second-order valence-corrected chi connectivity index (χ2v) is 7.17. The van der Waals surface area contributed by atoms with Gasteiger partial charge in [-0.3, -0.25) is 4.98 Å². The molecule has 112 valence electrons. The lowest BCUT2D eigenvalue weighted by Crippen LogP contribution is -2.35. The normalized spacial score (nSPS) is 24.6. The first-order valence-electron chi connectivity index (χ1n) is 8.05. The summed E-state index contributed by atoms with van der Waals surface area (Å²) in [5.41, 5.74) is 7.53. The van der Waals surface area contributed by atoms with Crippen LogP contribution in [0.2, 0.25) is 0 Å². The lowest BCUT2D eigenvalue weighted by molar-refractivity contribution is 0.230. The van der Waals surface area contributed by atoms with E-state index in [9.17, 15) is 0 Å². The predicted molar refractivity (Wildman–Crippen MR) is 88.6 cm³/mol. The molecule has 1 unspecified atom stereocenters. The maximum atomic E-state index is 6.41. The highest BCUT2D eigenvalue weighted by Crippen LogP contribution is 2.33. The molecule has 2 rings (SSSR count). The second kappa shape index (κ2) is 8.14. The topological polar surface area (TPSA) is 38.9 Å². The highest BCUT2D eigenvalue weighted by molar-refractivity contribution is 9.10. The molecule has 2 N–H and O–H groups in total. The van der Waals surface area contributed by atoms with Crippen molar-refractivity contribution in [1.82, 2.24) is 4.98 Å². The number of hydrogen-bond acceptors (Lipinski definition) is 2. The van der Waals surface area contributed by atoms with E-state index in [0.717, 1.165) is 22.5 Å². The first kappa shape index (κ1) is 16.0. The van der Waals surface area contributed by atoms with Crippen LogP contribution < -0.4 is 5.73 Å². The van der Waals surface area contributed by atoms with E-state index in [-0.39, 0.29) is 6.04 Å². The summed E-state index contributed by atoms with van der Waals surface area (Å²) >= 11 is 3.42. The molecule has 1 atom stereocenters. The molecule has 1 aromatic heterocycles. The molecule has 0 spiro atoms. The Bertz CT molecular complexity index is 382. The van der Waals surface area contributed by atoms with E-state index in [4.69, 9.17) is 5.73 Å². The molecule has 1 aliphatic rings. The Morgan fingerprint density at radius 3 is 2.65 bits per heavy atom. The Balaban J connectivity index is 1.76. The van der Waals surface area contributed by atoms with Gasteiger partial charge in [-0.15, -0.1) is 0 Å². The Morgan fingerprint density at radius 2 is 2.05 bits per heavy atom. The molecule has 2 nitrogen and oxygen atoms in total. The fourth-order valence-corrected chi connectivity index (χ4v) is 3.57. The van der Waals surface area contributed by atoms with Gasteiger partial charge in [-0.25, -0.2) is 0 Å². The van der Waals surface area contributed by atoms with Gasteiger partial charge in [0, 0.05) is 28.8 Å². The molecule has 1 heterocycles. The average Bonchev–Trinajstić information content (AvgIpc) is 2.48. The zero-order valence-corrected chi connectivity index (χ0v) is 14.1. The maximum absolute atomic E-state index is 6.41. The summed E-state index contributed by atoms with van der Waals surface area (Å²) in [7, 11) is 0. The smallest absolute Gasteiger partial charge is 0.0420 e. The molecule has 0 radical (unpaired) electrons. The van der Waals surface area contributed by atoms with E-state index in [1.54, 1.807) is 0 Å². The average molecular weight is 339 g/mol. The van der Waals surface area contributed by atoms with Gasteiger partial charge < -0.3 is 5.73 Å². The molecule has 0 aromatic carbocycles. The molecule has 0 amide bonds. The molecule has 20 heavy (non-hydrogen) atoms. The summed E-state index contributed by atoms with van der Waals surface area (Å²) in [6.07, 6.45) is 12.3. The van der Waals surface area contributed by atoms with Crippen LogP contribution in [0.5, 0.6) is 0 Å². The summed E-state index contributed by atoms with van der Waals surface area (Å²) in [5.74, 6) is 1.66. The van der Waals surface area contributed by atoms with Crippen LogP contribution in [0.15, 0.2) is 22.8 Å². The summed E-state index contributed by atoms with van der Waals surface area (Å²) < 4.78 is 1.03. The maximum Gasteiger partial charge on any atom is 0.0420 e. The number of nitrogens with zero attached hydrogens (tertiary/aromatic N) is 1. The Hall–Kier alpha value is -0.410. The van der Waals surface area contributed by atoms with Gasteiger partial charge in [0.2, 0.25) is 0 Å². The number of hydrogen-bond donors (Lipinski definition) is 1. The van der Waals surface area contributed by atoms with Gasteiger partial charge in [0.05, 0.1) is 0 Å². The summed E-state index contributed by atoms with van der Waals surface area (Å²) in [4.78, 5) is 4.44. The third kappa shape index (κ3) is 4.85. The predicted octanol–water partition coefficient (Wildman–Crippen LogP) is 4.71. The third-order valence-corrected chi connectivity index (χ3v) is 5.17. The zero-order chi connectivity index (χ0) is 14.4. The number of rotatable bonds is 6. The molecule has 0 aliphatic heterocycles. The third-order valence-electron chi connectivity index (χ3n) is 4.70. The fourth-order valence-electron chi connectivity index (χ4n) is 3.33. The fraction of sp³-hybridized carbons (Fsp3) is 0.706. The van der Waals surface area contributed by atoms with Crippen LogP contribution in [0.1, 0.15) is 57.6 Å². The van der Waals surface area contributed by atoms with Crippen LogP contribution in [-0.4, -0.2) is 11.0 Å². The van der Waals surface area contributed by atoms with Crippen molar-refractivity contribution in [1.29, 1.82) is 0 Å². The van der Waals surface area contributed by atoms with Crippen molar-refractivity contribution in [3.05, 3.63) is 28.5 Å². The van der Waals surface area contributed by atoms with Gasteiger partial charge in [-0.1, -0.05) is 39.0 Å². The number of unbranched alkanes of at least 4 members (excludes halogenated alkanes) is 1. The monoisotopic (exact) mass is 338 g/mol. The number of nitrogens with two attached hydrogens (primary N) is 1. The first-order valence-corrected chi connectivity index (χ1v) is 8.84. The van der Waals surface area contributed by atoms with E-state index in [2.05, 4.69) is 40.0 Å². The minimum absolute atomic E-state index is 0.274. The number of aromatic nitrogens is 1. The van der Waals surface area contributed by atoms with Crippen LogP contribution in [0.3, 0.4) is 0 Å². The van der Waals surface area contributed by atoms with E-state index in [1.807, 2.05) is 6.20 Å². The van der Waals surface area contributed by atoms with Crippen LogP contribution in [0.25, 0.3) is 0 Å². The largest absolute Gasteiger partial charge is 0.327 e. The molecule has 1 aliphatic carbocycles. The van der Waals surface area contributed by atoms with Gasteiger partial charge in [-0.05, 0) is 52.7 Å². The van der Waals surface area contributed by atoms with Crippen molar-refractivity contribution in [2.24, 2.45) is 17.6 Å². The van der Waals surface area contributed by atoms with Crippen LogP contribution in [-0.2, 0) is 6.42 Å². The van der Waals surface area contributed by atoms with Crippen molar-refractivity contribution in [3.63, 3.8) is 0 Å².